The van der Waals surface area contributed by atoms with E-state index in [-0.39, 0.29) is 11.2 Å². The Balaban J connectivity index is 1.55. The molecule has 0 unspecified atom stereocenters. The van der Waals surface area contributed by atoms with E-state index in [4.69, 9.17) is 9.47 Å². The summed E-state index contributed by atoms with van der Waals surface area (Å²) in [6, 6.07) is 14.0. The van der Waals surface area contributed by atoms with Crippen molar-refractivity contribution < 1.29 is 14.3 Å². The first-order valence-corrected chi connectivity index (χ1v) is 8.89. The van der Waals surface area contributed by atoms with Gasteiger partial charge in [0.05, 0.1) is 5.25 Å². The van der Waals surface area contributed by atoms with Crippen molar-refractivity contribution in [2.75, 3.05) is 13.2 Å². The molecule has 0 bridgehead atoms. The van der Waals surface area contributed by atoms with Crippen LogP contribution in [0.25, 0.3) is 0 Å². The summed E-state index contributed by atoms with van der Waals surface area (Å²) < 4.78 is 11.1. The average molecular weight is 343 g/mol. The van der Waals surface area contributed by atoms with Gasteiger partial charge in [-0.3, -0.25) is 4.79 Å². The zero-order valence-corrected chi connectivity index (χ0v) is 14.7. The quantitative estimate of drug-likeness (QED) is 0.843. The molecule has 1 aliphatic heterocycles. The van der Waals surface area contributed by atoms with Crippen LogP contribution in [0.15, 0.2) is 47.4 Å². The van der Waals surface area contributed by atoms with Gasteiger partial charge in [-0.15, -0.1) is 11.8 Å². The fraction of sp³-hybridized carbons (Fsp3) is 0.316. The van der Waals surface area contributed by atoms with Gasteiger partial charge in [-0.25, -0.2) is 0 Å². The largest absolute Gasteiger partial charge is 0.486 e. The first-order valence-electron chi connectivity index (χ1n) is 8.01. The summed E-state index contributed by atoms with van der Waals surface area (Å²) in [7, 11) is 0. The number of ether oxygens (including phenoxy) is 2. The number of carbonyl (C=O) groups excluding carboxylic acids is 1. The number of amides is 1. The van der Waals surface area contributed by atoms with E-state index in [1.54, 1.807) is 0 Å². The van der Waals surface area contributed by atoms with E-state index in [0.29, 0.717) is 19.8 Å². The zero-order valence-electron chi connectivity index (χ0n) is 13.9. The summed E-state index contributed by atoms with van der Waals surface area (Å²) in [6.45, 7) is 5.65. The van der Waals surface area contributed by atoms with Crippen LogP contribution in [0.4, 0.5) is 0 Å². The number of rotatable bonds is 5. The molecule has 2 aromatic carbocycles. The molecule has 0 saturated heterocycles. The maximum absolute atomic E-state index is 12.3. The lowest BCUT2D eigenvalue weighted by Gasteiger charge is -2.19. The Bertz CT molecular complexity index is 715. The fourth-order valence-corrected chi connectivity index (χ4v) is 3.31. The van der Waals surface area contributed by atoms with Crippen molar-refractivity contribution in [1.82, 2.24) is 5.32 Å². The number of hydrogen-bond donors (Lipinski definition) is 1. The van der Waals surface area contributed by atoms with Gasteiger partial charge < -0.3 is 14.8 Å². The molecule has 1 heterocycles. The Morgan fingerprint density at radius 3 is 2.58 bits per heavy atom. The maximum Gasteiger partial charge on any atom is 0.233 e. The topological polar surface area (TPSA) is 47.6 Å². The van der Waals surface area contributed by atoms with Gasteiger partial charge >= 0.3 is 0 Å². The zero-order chi connectivity index (χ0) is 16.9. The molecule has 0 radical (unpaired) electrons. The maximum atomic E-state index is 12.3. The van der Waals surface area contributed by atoms with Crippen LogP contribution in [0.3, 0.4) is 0 Å². The van der Waals surface area contributed by atoms with E-state index < -0.39 is 0 Å². The third-order valence-corrected chi connectivity index (χ3v) is 4.88. The minimum absolute atomic E-state index is 0.0236. The normalized spacial score (nSPS) is 14.1. The van der Waals surface area contributed by atoms with Crippen molar-refractivity contribution in [3.63, 3.8) is 0 Å². The summed E-state index contributed by atoms with van der Waals surface area (Å²) in [5, 5.41) is 2.80. The highest BCUT2D eigenvalue weighted by atomic mass is 32.2. The molecule has 5 heteroatoms. The van der Waals surface area contributed by atoms with E-state index in [9.17, 15) is 4.79 Å². The Labute approximate surface area is 146 Å². The van der Waals surface area contributed by atoms with Crippen LogP contribution in [0.5, 0.6) is 11.5 Å². The van der Waals surface area contributed by atoms with Gasteiger partial charge in [0, 0.05) is 11.4 Å². The minimum Gasteiger partial charge on any atom is -0.486 e. The lowest BCUT2D eigenvalue weighted by molar-refractivity contribution is -0.120. The van der Waals surface area contributed by atoms with Crippen LogP contribution in [-0.2, 0) is 11.3 Å². The third-order valence-electron chi connectivity index (χ3n) is 3.78. The molecule has 0 saturated carbocycles. The molecule has 2 aromatic rings. The standard InChI is InChI=1S/C19H21NO3S/c1-13-3-5-15(6-4-13)12-20-19(21)14(2)24-16-7-8-17-18(11-16)23-10-9-22-17/h3-8,11,14H,9-10,12H2,1-2H3,(H,20,21)/t14-/m0/s1. The van der Waals surface area contributed by atoms with Crippen LogP contribution in [0.2, 0.25) is 0 Å². The van der Waals surface area contributed by atoms with Crippen LogP contribution in [-0.4, -0.2) is 24.4 Å². The minimum atomic E-state index is -0.182. The van der Waals surface area contributed by atoms with E-state index in [1.807, 2.05) is 37.3 Å². The van der Waals surface area contributed by atoms with Gasteiger partial charge in [0.25, 0.3) is 0 Å². The summed E-state index contributed by atoms with van der Waals surface area (Å²) in [4.78, 5) is 13.3. The molecule has 24 heavy (non-hydrogen) atoms. The monoisotopic (exact) mass is 343 g/mol. The molecule has 1 N–H and O–H groups in total. The molecule has 4 nitrogen and oxygen atoms in total. The fourth-order valence-electron chi connectivity index (χ4n) is 2.39. The van der Waals surface area contributed by atoms with Crippen molar-refractivity contribution in [2.24, 2.45) is 0 Å². The van der Waals surface area contributed by atoms with E-state index in [0.717, 1.165) is 22.0 Å². The second kappa shape index (κ2) is 7.62. The molecule has 1 amide bonds. The molecular weight excluding hydrogens is 322 g/mol. The molecule has 0 aromatic heterocycles. The second-order valence-corrected chi connectivity index (χ2v) is 7.18. The van der Waals surface area contributed by atoms with Crippen LogP contribution < -0.4 is 14.8 Å². The van der Waals surface area contributed by atoms with Crippen molar-refractivity contribution in [3.05, 3.63) is 53.6 Å². The SMILES string of the molecule is Cc1ccc(CNC(=O)[C@H](C)Sc2ccc3c(c2)OCCO3)cc1. The average Bonchev–Trinajstić information content (AvgIpc) is 2.61. The van der Waals surface area contributed by atoms with Crippen LogP contribution in [0.1, 0.15) is 18.1 Å². The molecule has 1 atom stereocenters. The highest BCUT2D eigenvalue weighted by Gasteiger charge is 2.17. The van der Waals surface area contributed by atoms with E-state index in [1.165, 1.54) is 17.3 Å². The summed E-state index contributed by atoms with van der Waals surface area (Å²) in [5.41, 5.74) is 2.32. The molecule has 1 aliphatic rings. The van der Waals surface area contributed by atoms with E-state index >= 15 is 0 Å². The Morgan fingerprint density at radius 1 is 1.12 bits per heavy atom. The van der Waals surface area contributed by atoms with Gasteiger partial charge in [-0.1, -0.05) is 29.8 Å². The molecule has 0 fully saturated rings. The first kappa shape index (κ1) is 16.7. The van der Waals surface area contributed by atoms with Crippen molar-refractivity contribution in [1.29, 1.82) is 0 Å². The van der Waals surface area contributed by atoms with Gasteiger partial charge in [-0.2, -0.15) is 0 Å². The first-order chi connectivity index (χ1) is 11.6. The van der Waals surface area contributed by atoms with E-state index in [2.05, 4.69) is 24.4 Å². The highest BCUT2D eigenvalue weighted by molar-refractivity contribution is 8.00. The van der Waals surface area contributed by atoms with Gasteiger partial charge in [-0.05, 0) is 37.6 Å². The Morgan fingerprint density at radius 2 is 1.83 bits per heavy atom. The number of fused-ring (bicyclic) bond motifs is 1. The summed E-state index contributed by atoms with van der Waals surface area (Å²) in [5.74, 6) is 1.54. The van der Waals surface area contributed by atoms with Crippen molar-refractivity contribution >= 4 is 17.7 Å². The highest BCUT2D eigenvalue weighted by Crippen LogP contribution is 2.35. The number of nitrogens with one attached hydrogen (secondary N) is 1. The summed E-state index contributed by atoms with van der Waals surface area (Å²) >= 11 is 1.51. The number of carbonyl (C=O) groups is 1. The van der Waals surface area contributed by atoms with Gasteiger partial charge in [0.2, 0.25) is 5.91 Å². The summed E-state index contributed by atoms with van der Waals surface area (Å²) in [6.07, 6.45) is 0. The predicted octanol–water partition coefficient (Wildman–Crippen LogP) is 3.56. The molecule has 126 valence electrons. The predicted molar refractivity (Wildman–Crippen MR) is 95.8 cm³/mol. The number of hydrogen-bond acceptors (Lipinski definition) is 4. The number of thioether (sulfide) groups is 1. The third kappa shape index (κ3) is 4.23. The van der Waals surface area contributed by atoms with Crippen LogP contribution in [0, 0.1) is 6.92 Å². The van der Waals surface area contributed by atoms with Crippen molar-refractivity contribution in [2.45, 2.75) is 30.5 Å². The molecule has 3 rings (SSSR count). The van der Waals surface area contributed by atoms with Gasteiger partial charge in [0.15, 0.2) is 11.5 Å². The molecular formula is C19H21NO3S. The van der Waals surface area contributed by atoms with Crippen molar-refractivity contribution in [3.8, 4) is 11.5 Å². The van der Waals surface area contributed by atoms with Gasteiger partial charge in [0.1, 0.15) is 13.2 Å². The lowest BCUT2D eigenvalue weighted by Crippen LogP contribution is -2.30. The molecule has 0 spiro atoms. The molecule has 0 aliphatic carbocycles. The lowest BCUT2D eigenvalue weighted by atomic mass is 10.1. The Hall–Kier alpha value is -2.14. The van der Waals surface area contributed by atoms with Crippen LogP contribution >= 0.6 is 11.8 Å². The smallest absolute Gasteiger partial charge is 0.233 e. The Kier molecular flexibility index (Phi) is 5.30. The number of aryl methyl sites for hydroxylation is 1. The second-order valence-electron chi connectivity index (χ2n) is 5.77. The number of benzene rings is 2.